The number of hydrogen-bond acceptors (Lipinski definition) is 6. The molecule has 0 unspecified atom stereocenters. The molecule has 2 fully saturated rings. The normalized spacial score (nSPS) is 22.1. The van der Waals surface area contributed by atoms with Crippen molar-refractivity contribution in [2.75, 3.05) is 24.5 Å². The van der Waals surface area contributed by atoms with Crippen LogP contribution in [0.3, 0.4) is 0 Å². The lowest BCUT2D eigenvalue weighted by molar-refractivity contribution is -0.122. The van der Waals surface area contributed by atoms with E-state index in [2.05, 4.69) is 25.7 Å². The van der Waals surface area contributed by atoms with Crippen molar-refractivity contribution in [3.8, 4) is 0 Å². The van der Waals surface area contributed by atoms with Crippen molar-refractivity contribution in [2.45, 2.75) is 66.2 Å². The summed E-state index contributed by atoms with van der Waals surface area (Å²) in [6.07, 6.45) is 10.3. The molecule has 4 rings (SSSR count). The van der Waals surface area contributed by atoms with Gasteiger partial charge in [0.25, 0.3) is 11.5 Å². The summed E-state index contributed by atoms with van der Waals surface area (Å²) in [5, 5.41) is 0. The second-order valence-electron chi connectivity index (χ2n) is 10.2. The summed E-state index contributed by atoms with van der Waals surface area (Å²) in [5.74, 6) is 1.59. The van der Waals surface area contributed by atoms with E-state index in [0.29, 0.717) is 44.6 Å². The summed E-state index contributed by atoms with van der Waals surface area (Å²) < 4.78 is 2.17. The average molecular weight is 513 g/mol. The predicted octanol–water partition coefficient (Wildman–Crippen LogP) is 5.66. The minimum Gasteiger partial charge on any atom is -0.355 e. The van der Waals surface area contributed by atoms with Crippen molar-refractivity contribution in [2.24, 2.45) is 11.8 Å². The van der Waals surface area contributed by atoms with Crippen LogP contribution in [0.15, 0.2) is 28.0 Å². The van der Waals surface area contributed by atoms with Crippen LogP contribution in [-0.2, 0) is 4.79 Å². The number of fused-ring (bicyclic) bond motifs is 1. The highest BCUT2D eigenvalue weighted by Crippen LogP contribution is 2.34. The molecule has 2 atom stereocenters. The first-order valence-corrected chi connectivity index (χ1v) is 14.0. The zero-order valence-corrected chi connectivity index (χ0v) is 22.9. The fourth-order valence-electron chi connectivity index (χ4n) is 5.15. The minimum absolute atomic E-state index is 0.101. The number of carbonyl (C=O) groups excluding carboxylic acids is 1. The number of aromatic nitrogens is 2. The molecule has 0 saturated carbocycles. The first-order chi connectivity index (χ1) is 16.8. The molecule has 8 heteroatoms. The Kier molecular flexibility index (Phi) is 8.32. The molecule has 0 N–H and O–H groups in total. The van der Waals surface area contributed by atoms with E-state index in [0.717, 1.165) is 37.9 Å². The highest BCUT2D eigenvalue weighted by Gasteiger charge is 2.33. The van der Waals surface area contributed by atoms with Crippen LogP contribution in [0, 0.1) is 18.8 Å². The van der Waals surface area contributed by atoms with E-state index in [-0.39, 0.29) is 11.5 Å². The van der Waals surface area contributed by atoms with Gasteiger partial charge in [-0.3, -0.25) is 18.9 Å². The molecule has 188 valence electrons. The molecule has 2 aromatic rings. The lowest BCUT2D eigenvalue weighted by Gasteiger charge is -2.36. The summed E-state index contributed by atoms with van der Waals surface area (Å²) >= 11 is 6.84. The summed E-state index contributed by atoms with van der Waals surface area (Å²) in [6.45, 7) is 11.0. The summed E-state index contributed by atoms with van der Waals surface area (Å²) in [5.41, 5.74) is 1.93. The Labute approximate surface area is 217 Å². The van der Waals surface area contributed by atoms with E-state index in [1.807, 2.05) is 25.3 Å². The molecule has 0 spiro atoms. The number of amides is 1. The van der Waals surface area contributed by atoms with Crippen molar-refractivity contribution in [3.63, 3.8) is 0 Å². The first kappa shape index (κ1) is 25.9. The molecule has 35 heavy (non-hydrogen) atoms. The Morgan fingerprint density at radius 2 is 1.83 bits per heavy atom. The van der Waals surface area contributed by atoms with Crippen molar-refractivity contribution >= 4 is 51.7 Å². The number of hydrogen-bond donors (Lipinski definition) is 0. The third-order valence-electron chi connectivity index (χ3n) is 6.79. The number of carbonyl (C=O) groups is 1. The molecule has 4 heterocycles. The third-order valence-corrected chi connectivity index (χ3v) is 8.17. The number of anilines is 1. The lowest BCUT2D eigenvalue weighted by atomic mass is 9.91. The van der Waals surface area contributed by atoms with E-state index in [4.69, 9.17) is 17.2 Å². The minimum atomic E-state index is -0.149. The Bertz CT molecular complexity index is 1200. The summed E-state index contributed by atoms with van der Waals surface area (Å²) in [6, 6.07) is 3.86. The van der Waals surface area contributed by atoms with Gasteiger partial charge in [0.05, 0.1) is 10.5 Å². The van der Waals surface area contributed by atoms with E-state index in [1.165, 1.54) is 31.0 Å². The highest BCUT2D eigenvalue weighted by atomic mass is 32.2. The maximum absolute atomic E-state index is 13.7. The van der Waals surface area contributed by atoms with Gasteiger partial charge in [-0.25, -0.2) is 4.98 Å². The molecular weight excluding hydrogens is 476 g/mol. The van der Waals surface area contributed by atoms with Crippen molar-refractivity contribution < 1.29 is 4.79 Å². The van der Waals surface area contributed by atoms with E-state index in [1.54, 1.807) is 15.4 Å². The topological polar surface area (TPSA) is 57.9 Å². The monoisotopic (exact) mass is 512 g/mol. The van der Waals surface area contributed by atoms with Crippen LogP contribution < -0.4 is 10.5 Å². The number of thioether (sulfide) groups is 1. The van der Waals surface area contributed by atoms with Gasteiger partial charge in [0.2, 0.25) is 0 Å². The fourth-order valence-corrected chi connectivity index (χ4v) is 6.44. The molecular formula is C27H36N4O2S2. The summed E-state index contributed by atoms with van der Waals surface area (Å²) in [7, 11) is 0. The first-order valence-electron chi connectivity index (χ1n) is 12.8. The largest absolute Gasteiger partial charge is 0.355 e. The van der Waals surface area contributed by atoms with Gasteiger partial charge in [0, 0.05) is 25.8 Å². The van der Waals surface area contributed by atoms with Crippen LogP contribution in [0.4, 0.5) is 5.82 Å². The standard InChI is InChI=1S/C27H36N4O2S2/c1-5-6-7-8-9-12-30-26(33)22(35-27(30)34)14-21-24(29-15-19(3)13-20(4)16-29)28-23-11-10-18(2)17-31(23)25(21)32/h10-11,14,17,19-20H,5-9,12-13,15-16H2,1-4H3/b22-14-/t19-,20+. The summed E-state index contributed by atoms with van der Waals surface area (Å²) in [4.78, 5) is 36.3. The van der Waals surface area contributed by atoms with Gasteiger partial charge in [0.15, 0.2) is 0 Å². The SMILES string of the molecule is CCCCCCCN1C(=O)/C(=C/c2c(N3C[C@H](C)C[C@H](C)C3)nc3ccc(C)cn3c2=O)SC1=S. The second-order valence-corrected chi connectivity index (χ2v) is 11.9. The van der Waals surface area contributed by atoms with Crippen LogP contribution in [0.2, 0.25) is 0 Å². The number of rotatable bonds is 8. The van der Waals surface area contributed by atoms with Gasteiger partial charge in [-0.1, -0.05) is 76.5 Å². The predicted molar refractivity (Wildman–Crippen MR) is 150 cm³/mol. The van der Waals surface area contributed by atoms with Crippen LogP contribution in [0.25, 0.3) is 11.7 Å². The van der Waals surface area contributed by atoms with Crippen molar-refractivity contribution in [3.05, 3.63) is 44.7 Å². The molecule has 2 saturated heterocycles. The molecule has 2 aromatic heterocycles. The second kappa shape index (κ2) is 11.2. The number of unbranched alkanes of at least 4 members (excludes halogenated alkanes) is 4. The molecule has 1 amide bonds. The quantitative estimate of drug-likeness (QED) is 0.259. The Morgan fingerprint density at radius 1 is 1.11 bits per heavy atom. The number of aryl methyl sites for hydroxylation is 1. The van der Waals surface area contributed by atoms with Crippen LogP contribution >= 0.6 is 24.0 Å². The molecule has 6 nitrogen and oxygen atoms in total. The zero-order chi connectivity index (χ0) is 25.1. The van der Waals surface area contributed by atoms with Gasteiger partial charge in [0.1, 0.15) is 15.8 Å². The van der Waals surface area contributed by atoms with Gasteiger partial charge in [-0.15, -0.1) is 0 Å². The number of pyridine rings is 1. The Morgan fingerprint density at radius 3 is 2.54 bits per heavy atom. The molecule has 0 aliphatic carbocycles. The molecule has 0 bridgehead atoms. The van der Waals surface area contributed by atoms with Gasteiger partial charge < -0.3 is 4.90 Å². The average Bonchev–Trinajstić information content (AvgIpc) is 3.07. The molecule has 0 radical (unpaired) electrons. The smallest absolute Gasteiger partial charge is 0.267 e. The Balaban J connectivity index is 1.71. The van der Waals surface area contributed by atoms with Gasteiger partial charge >= 0.3 is 0 Å². The van der Waals surface area contributed by atoms with Gasteiger partial charge in [-0.2, -0.15) is 0 Å². The molecule has 0 aromatic carbocycles. The van der Waals surface area contributed by atoms with Crippen molar-refractivity contribution in [1.29, 1.82) is 0 Å². The van der Waals surface area contributed by atoms with Crippen LogP contribution in [0.1, 0.15) is 70.4 Å². The van der Waals surface area contributed by atoms with Crippen molar-refractivity contribution in [1.82, 2.24) is 14.3 Å². The fraction of sp³-hybridized carbons (Fsp3) is 0.556. The molecule has 2 aliphatic heterocycles. The number of thiocarbonyl (C=S) groups is 1. The number of nitrogens with zero attached hydrogens (tertiary/aromatic N) is 4. The molecule has 2 aliphatic rings. The maximum atomic E-state index is 13.7. The van der Waals surface area contributed by atoms with Crippen LogP contribution in [-0.4, -0.2) is 44.1 Å². The van der Waals surface area contributed by atoms with E-state index in [9.17, 15) is 9.59 Å². The Hall–Kier alpha value is -2.19. The van der Waals surface area contributed by atoms with E-state index < -0.39 is 0 Å². The lowest BCUT2D eigenvalue weighted by Crippen LogP contribution is -2.40. The third kappa shape index (κ3) is 5.80. The maximum Gasteiger partial charge on any atom is 0.267 e. The van der Waals surface area contributed by atoms with Crippen LogP contribution in [0.5, 0.6) is 0 Å². The van der Waals surface area contributed by atoms with Gasteiger partial charge in [-0.05, 0) is 49.3 Å². The number of piperidine rings is 1. The van der Waals surface area contributed by atoms with E-state index >= 15 is 0 Å². The zero-order valence-electron chi connectivity index (χ0n) is 21.2. The highest BCUT2D eigenvalue weighted by molar-refractivity contribution is 8.26.